The first-order chi connectivity index (χ1) is 7.81. The summed E-state index contributed by atoms with van der Waals surface area (Å²) < 4.78 is 66.5. The number of nitrogens with zero attached hydrogens (tertiary/aromatic N) is 2. The van der Waals surface area contributed by atoms with Crippen LogP contribution in [0.3, 0.4) is 0 Å². The maximum Gasteiger partial charge on any atom is 0.421 e. The second-order valence-corrected chi connectivity index (χ2v) is 2.89. The molecule has 0 spiro atoms. The van der Waals surface area contributed by atoms with Crippen LogP contribution in [-0.4, -0.2) is 12.1 Å². The van der Waals surface area contributed by atoms with Crippen molar-refractivity contribution >= 4 is 0 Å². The lowest BCUT2D eigenvalue weighted by molar-refractivity contribution is -0.139. The Bertz CT molecular complexity index is 464. The number of methoxy groups -OCH3 is 1. The van der Waals surface area contributed by atoms with E-state index in [9.17, 15) is 22.0 Å². The highest BCUT2D eigenvalue weighted by molar-refractivity contribution is 5.43. The van der Waals surface area contributed by atoms with Crippen molar-refractivity contribution in [1.29, 1.82) is 5.26 Å². The Morgan fingerprint density at radius 1 is 1.41 bits per heavy atom. The molecule has 0 N–H and O–H groups in total. The third-order valence-corrected chi connectivity index (χ3v) is 1.84. The second-order valence-electron chi connectivity index (χ2n) is 2.89. The average Bonchev–Trinajstić information content (AvgIpc) is 2.25. The van der Waals surface area contributed by atoms with E-state index in [1.54, 1.807) is 0 Å². The molecular weight excluding hydrogens is 247 g/mol. The Morgan fingerprint density at radius 2 is 2.00 bits per heavy atom. The van der Waals surface area contributed by atoms with Crippen molar-refractivity contribution in [2.45, 2.75) is 12.6 Å². The molecule has 1 aromatic rings. The predicted octanol–water partition coefficient (Wildman–Crippen LogP) is 2.92. The van der Waals surface area contributed by atoms with E-state index < -0.39 is 35.3 Å². The van der Waals surface area contributed by atoms with Crippen LogP contribution in [0, 0.1) is 11.3 Å². The number of alkyl halides is 5. The molecule has 0 bridgehead atoms. The van der Waals surface area contributed by atoms with Gasteiger partial charge in [-0.15, -0.1) is 0 Å². The third-order valence-electron chi connectivity index (χ3n) is 1.84. The molecule has 17 heavy (non-hydrogen) atoms. The van der Waals surface area contributed by atoms with E-state index in [-0.39, 0.29) is 0 Å². The van der Waals surface area contributed by atoms with Gasteiger partial charge < -0.3 is 4.74 Å². The van der Waals surface area contributed by atoms with Crippen molar-refractivity contribution in [3.8, 4) is 11.9 Å². The quantitative estimate of drug-likeness (QED) is 0.760. The van der Waals surface area contributed by atoms with E-state index in [1.807, 2.05) is 0 Å². The first-order valence-corrected chi connectivity index (χ1v) is 4.15. The predicted molar refractivity (Wildman–Crippen MR) is 45.5 cm³/mol. The minimum Gasteiger partial charge on any atom is -0.481 e. The Morgan fingerprint density at radius 3 is 2.35 bits per heavy atom. The molecule has 3 nitrogen and oxygen atoms in total. The fraction of sp³-hybridized carbons (Fsp3) is 0.333. The van der Waals surface area contributed by atoms with E-state index >= 15 is 0 Å². The minimum atomic E-state index is -4.83. The van der Waals surface area contributed by atoms with Crippen LogP contribution in [0.1, 0.15) is 23.2 Å². The fourth-order valence-electron chi connectivity index (χ4n) is 1.12. The first kappa shape index (κ1) is 13.2. The van der Waals surface area contributed by atoms with Gasteiger partial charge >= 0.3 is 6.18 Å². The molecule has 8 heteroatoms. The van der Waals surface area contributed by atoms with Gasteiger partial charge in [0.25, 0.3) is 6.43 Å². The first-order valence-electron chi connectivity index (χ1n) is 4.15. The van der Waals surface area contributed by atoms with E-state index in [2.05, 4.69) is 9.72 Å². The van der Waals surface area contributed by atoms with Crippen molar-refractivity contribution in [2.75, 3.05) is 7.11 Å². The van der Waals surface area contributed by atoms with Crippen LogP contribution in [0.15, 0.2) is 6.07 Å². The van der Waals surface area contributed by atoms with E-state index in [4.69, 9.17) is 5.26 Å². The Balaban J connectivity index is 3.51. The van der Waals surface area contributed by atoms with Gasteiger partial charge in [0, 0.05) is 0 Å². The zero-order chi connectivity index (χ0) is 13.2. The van der Waals surface area contributed by atoms with Gasteiger partial charge in [0.1, 0.15) is 17.3 Å². The molecule has 0 aliphatic carbocycles. The van der Waals surface area contributed by atoms with Gasteiger partial charge in [0.05, 0.1) is 12.7 Å². The summed E-state index contributed by atoms with van der Waals surface area (Å²) in [7, 11) is 0.874. The van der Waals surface area contributed by atoms with Gasteiger partial charge in [-0.05, 0) is 6.07 Å². The average molecular weight is 252 g/mol. The highest BCUT2D eigenvalue weighted by Crippen LogP contribution is 2.37. The zero-order valence-electron chi connectivity index (χ0n) is 8.35. The molecule has 0 atom stereocenters. The van der Waals surface area contributed by atoms with Crippen LogP contribution in [-0.2, 0) is 6.18 Å². The highest BCUT2D eigenvalue weighted by atomic mass is 19.4. The smallest absolute Gasteiger partial charge is 0.421 e. The lowest BCUT2D eigenvalue weighted by Crippen LogP contribution is -2.11. The molecule has 0 fully saturated rings. The lowest BCUT2D eigenvalue weighted by atomic mass is 10.1. The summed E-state index contributed by atoms with van der Waals surface area (Å²) >= 11 is 0. The molecule has 0 aliphatic rings. The highest BCUT2D eigenvalue weighted by Gasteiger charge is 2.37. The molecule has 1 rings (SSSR count). The standard InChI is InChI=1S/C9H5F5N2O/c1-17-8-5(9(12,13)14)2-4(3-15)6(16-8)7(10)11/h2,7H,1H3. The number of nitriles is 1. The largest absolute Gasteiger partial charge is 0.481 e. The normalized spacial score (nSPS) is 11.4. The summed E-state index contributed by atoms with van der Waals surface area (Å²) in [4.78, 5) is 3.01. The number of halogens is 5. The Labute approximate surface area is 92.4 Å². The summed E-state index contributed by atoms with van der Waals surface area (Å²) in [6.45, 7) is 0. The summed E-state index contributed by atoms with van der Waals surface area (Å²) in [5.41, 5.74) is -3.22. The van der Waals surface area contributed by atoms with Gasteiger partial charge in [0.15, 0.2) is 0 Å². The molecule has 0 radical (unpaired) electrons. The molecule has 0 aromatic carbocycles. The summed E-state index contributed by atoms with van der Waals surface area (Å²) in [5, 5.41) is 8.49. The van der Waals surface area contributed by atoms with Crippen molar-refractivity contribution in [2.24, 2.45) is 0 Å². The third kappa shape index (κ3) is 2.61. The van der Waals surface area contributed by atoms with Crippen LogP contribution in [0.5, 0.6) is 5.88 Å². The van der Waals surface area contributed by atoms with E-state index in [0.717, 1.165) is 7.11 Å². The van der Waals surface area contributed by atoms with Crippen molar-refractivity contribution in [3.63, 3.8) is 0 Å². The molecule has 1 heterocycles. The van der Waals surface area contributed by atoms with Crippen molar-refractivity contribution in [1.82, 2.24) is 4.98 Å². The molecule has 0 amide bonds. The molecule has 0 unspecified atom stereocenters. The summed E-state index contributed by atoms with van der Waals surface area (Å²) in [5.74, 6) is -0.980. The van der Waals surface area contributed by atoms with Crippen LogP contribution in [0.4, 0.5) is 22.0 Å². The van der Waals surface area contributed by atoms with Crippen molar-refractivity contribution in [3.05, 3.63) is 22.9 Å². The van der Waals surface area contributed by atoms with Crippen LogP contribution in [0.25, 0.3) is 0 Å². The SMILES string of the molecule is COc1nc(C(F)F)c(C#N)cc1C(F)(F)F. The number of hydrogen-bond donors (Lipinski definition) is 0. The monoisotopic (exact) mass is 252 g/mol. The topological polar surface area (TPSA) is 45.9 Å². The molecular formula is C9H5F5N2O. The molecule has 0 saturated carbocycles. The molecule has 0 saturated heterocycles. The number of rotatable bonds is 2. The van der Waals surface area contributed by atoms with E-state index in [0.29, 0.717) is 6.07 Å². The van der Waals surface area contributed by atoms with Crippen LogP contribution < -0.4 is 4.74 Å². The number of aromatic nitrogens is 1. The minimum absolute atomic E-state index is 0.299. The molecule has 92 valence electrons. The van der Waals surface area contributed by atoms with Crippen LogP contribution >= 0.6 is 0 Å². The Kier molecular flexibility index (Phi) is 3.50. The zero-order valence-corrected chi connectivity index (χ0v) is 8.35. The maximum absolute atomic E-state index is 12.5. The van der Waals surface area contributed by atoms with Gasteiger partial charge in [0.2, 0.25) is 5.88 Å². The number of pyridine rings is 1. The van der Waals surface area contributed by atoms with Gasteiger partial charge in [-0.3, -0.25) is 0 Å². The summed E-state index contributed by atoms with van der Waals surface area (Å²) in [6.07, 6.45) is -7.98. The van der Waals surface area contributed by atoms with Gasteiger partial charge in [-0.25, -0.2) is 13.8 Å². The fourth-order valence-corrected chi connectivity index (χ4v) is 1.12. The maximum atomic E-state index is 12.5. The molecule has 0 aliphatic heterocycles. The van der Waals surface area contributed by atoms with Crippen molar-refractivity contribution < 1.29 is 26.7 Å². The second kappa shape index (κ2) is 4.53. The number of ether oxygens (including phenoxy) is 1. The number of hydrogen-bond acceptors (Lipinski definition) is 3. The van der Waals surface area contributed by atoms with Crippen LogP contribution in [0.2, 0.25) is 0 Å². The lowest BCUT2D eigenvalue weighted by Gasteiger charge is -2.13. The summed E-state index contributed by atoms with van der Waals surface area (Å²) in [6, 6.07) is 1.54. The Hall–Kier alpha value is -1.91. The van der Waals surface area contributed by atoms with Gasteiger partial charge in [-0.2, -0.15) is 18.4 Å². The molecule has 1 aromatic heterocycles. The van der Waals surface area contributed by atoms with Gasteiger partial charge in [-0.1, -0.05) is 0 Å². The van der Waals surface area contributed by atoms with E-state index in [1.165, 1.54) is 6.07 Å².